The Hall–Kier alpha value is -3.75. The van der Waals surface area contributed by atoms with Gasteiger partial charge in [-0.3, -0.25) is 9.59 Å². The number of carbonyl (C=O) groups is 2. The number of halogens is 2. The summed E-state index contributed by atoms with van der Waals surface area (Å²) in [5.41, 5.74) is 12.7. The number of primary amides is 1. The summed E-state index contributed by atoms with van der Waals surface area (Å²) >= 11 is 0. The maximum absolute atomic E-state index is 14.8. The molecule has 30 heavy (non-hydrogen) atoms. The Kier molecular flexibility index (Phi) is 5.81. The SMILES string of the molecule is CCn1nc(-c2ccc(CNC(=O)c3cc(F)ccc3C)cc2F)c(C(N)=O)c1N. The second-order valence-electron chi connectivity index (χ2n) is 6.74. The van der Waals surface area contributed by atoms with Gasteiger partial charge in [-0.25, -0.2) is 13.5 Å². The number of hydrogen-bond donors (Lipinski definition) is 3. The number of anilines is 1. The molecule has 7 nitrogen and oxygen atoms in total. The topological polar surface area (TPSA) is 116 Å². The summed E-state index contributed by atoms with van der Waals surface area (Å²) in [5, 5.41) is 6.82. The van der Waals surface area contributed by atoms with E-state index in [-0.39, 0.29) is 34.7 Å². The Morgan fingerprint density at radius 1 is 1.17 bits per heavy atom. The van der Waals surface area contributed by atoms with Crippen LogP contribution in [0.3, 0.4) is 0 Å². The van der Waals surface area contributed by atoms with Crippen LogP contribution < -0.4 is 16.8 Å². The maximum Gasteiger partial charge on any atom is 0.254 e. The molecule has 9 heteroatoms. The first-order valence-electron chi connectivity index (χ1n) is 9.22. The van der Waals surface area contributed by atoms with Crippen molar-refractivity contribution in [3.05, 3.63) is 70.3 Å². The lowest BCUT2D eigenvalue weighted by molar-refractivity contribution is 0.0948. The Balaban J connectivity index is 1.84. The number of hydrogen-bond acceptors (Lipinski definition) is 4. The van der Waals surface area contributed by atoms with E-state index in [0.29, 0.717) is 17.7 Å². The molecule has 0 atom stereocenters. The summed E-state index contributed by atoms with van der Waals surface area (Å²) in [6.07, 6.45) is 0. The fourth-order valence-corrected chi connectivity index (χ4v) is 3.12. The first-order valence-corrected chi connectivity index (χ1v) is 9.22. The molecular weight excluding hydrogens is 392 g/mol. The number of nitrogens with one attached hydrogen (secondary N) is 1. The van der Waals surface area contributed by atoms with E-state index in [2.05, 4.69) is 10.4 Å². The highest BCUT2D eigenvalue weighted by atomic mass is 19.1. The van der Waals surface area contributed by atoms with Gasteiger partial charge in [-0.1, -0.05) is 12.1 Å². The van der Waals surface area contributed by atoms with Crippen molar-refractivity contribution in [2.24, 2.45) is 5.73 Å². The predicted molar refractivity (Wildman–Crippen MR) is 109 cm³/mol. The predicted octanol–water partition coefficient (Wildman–Crippen LogP) is 2.77. The molecule has 0 fully saturated rings. The summed E-state index contributed by atoms with van der Waals surface area (Å²) < 4.78 is 29.5. The molecule has 3 rings (SSSR count). The fourth-order valence-electron chi connectivity index (χ4n) is 3.12. The standard InChI is InChI=1S/C21H21F2N5O2/c1-3-28-19(24)17(20(25)29)18(27-28)14-7-5-12(8-16(14)23)10-26-21(30)15-9-13(22)6-4-11(15)2/h4-9H,3,10,24H2,1-2H3,(H2,25,29)(H,26,30). The van der Waals surface area contributed by atoms with Crippen LogP contribution in [0.2, 0.25) is 0 Å². The van der Waals surface area contributed by atoms with Crippen LogP contribution in [0.15, 0.2) is 36.4 Å². The van der Waals surface area contributed by atoms with Gasteiger partial charge < -0.3 is 16.8 Å². The zero-order chi connectivity index (χ0) is 22.0. The molecule has 156 valence electrons. The van der Waals surface area contributed by atoms with Gasteiger partial charge in [-0.2, -0.15) is 5.10 Å². The van der Waals surface area contributed by atoms with Crippen LogP contribution in [0.1, 0.15) is 38.8 Å². The van der Waals surface area contributed by atoms with E-state index in [1.807, 2.05) is 0 Å². The van der Waals surface area contributed by atoms with Crippen LogP contribution in [-0.2, 0) is 13.1 Å². The van der Waals surface area contributed by atoms with Crippen LogP contribution >= 0.6 is 0 Å². The summed E-state index contributed by atoms with van der Waals surface area (Å²) in [6.45, 7) is 3.89. The average Bonchev–Trinajstić information content (AvgIpc) is 3.04. The van der Waals surface area contributed by atoms with Crippen molar-refractivity contribution in [2.75, 3.05) is 5.73 Å². The van der Waals surface area contributed by atoms with Crippen molar-refractivity contribution in [1.29, 1.82) is 0 Å². The van der Waals surface area contributed by atoms with Crippen LogP contribution in [-0.4, -0.2) is 21.6 Å². The molecule has 2 amide bonds. The first kappa shape index (κ1) is 21.0. The van der Waals surface area contributed by atoms with Gasteiger partial charge in [0.15, 0.2) is 0 Å². The summed E-state index contributed by atoms with van der Waals surface area (Å²) in [4.78, 5) is 24.1. The molecule has 1 aromatic heterocycles. The third kappa shape index (κ3) is 4.00. The highest BCUT2D eigenvalue weighted by Crippen LogP contribution is 2.29. The van der Waals surface area contributed by atoms with Gasteiger partial charge in [0.2, 0.25) is 0 Å². The Labute approximate surface area is 171 Å². The lowest BCUT2D eigenvalue weighted by Crippen LogP contribution is -2.23. The van der Waals surface area contributed by atoms with E-state index in [4.69, 9.17) is 11.5 Å². The fraction of sp³-hybridized carbons (Fsp3) is 0.190. The minimum absolute atomic E-state index is 0.0280. The van der Waals surface area contributed by atoms with E-state index in [0.717, 1.165) is 6.07 Å². The zero-order valence-electron chi connectivity index (χ0n) is 16.5. The van der Waals surface area contributed by atoms with Crippen molar-refractivity contribution >= 4 is 17.6 Å². The number of amides is 2. The number of aromatic nitrogens is 2. The monoisotopic (exact) mass is 413 g/mol. The lowest BCUT2D eigenvalue weighted by Gasteiger charge is -2.09. The van der Waals surface area contributed by atoms with E-state index in [1.54, 1.807) is 19.9 Å². The van der Waals surface area contributed by atoms with E-state index in [1.165, 1.54) is 28.9 Å². The zero-order valence-corrected chi connectivity index (χ0v) is 16.5. The summed E-state index contributed by atoms with van der Waals surface area (Å²) in [6, 6.07) is 8.18. The van der Waals surface area contributed by atoms with Crippen molar-refractivity contribution in [2.45, 2.75) is 26.9 Å². The molecule has 0 unspecified atom stereocenters. The van der Waals surface area contributed by atoms with Crippen LogP contribution in [0, 0.1) is 18.6 Å². The van der Waals surface area contributed by atoms with E-state index < -0.39 is 23.4 Å². The van der Waals surface area contributed by atoms with Gasteiger partial charge in [0.05, 0.1) is 0 Å². The second kappa shape index (κ2) is 8.32. The Morgan fingerprint density at radius 3 is 2.53 bits per heavy atom. The summed E-state index contributed by atoms with van der Waals surface area (Å²) in [5.74, 6) is -2.37. The third-order valence-corrected chi connectivity index (χ3v) is 4.72. The highest BCUT2D eigenvalue weighted by Gasteiger charge is 2.23. The minimum Gasteiger partial charge on any atom is -0.383 e. The minimum atomic E-state index is -0.802. The largest absolute Gasteiger partial charge is 0.383 e. The molecule has 0 radical (unpaired) electrons. The van der Waals surface area contributed by atoms with Gasteiger partial charge in [0, 0.05) is 24.2 Å². The molecule has 0 saturated heterocycles. The number of aryl methyl sites for hydroxylation is 2. The Morgan fingerprint density at radius 2 is 1.90 bits per heavy atom. The van der Waals surface area contributed by atoms with Crippen molar-refractivity contribution < 1.29 is 18.4 Å². The van der Waals surface area contributed by atoms with Gasteiger partial charge in [-0.15, -0.1) is 0 Å². The van der Waals surface area contributed by atoms with Crippen molar-refractivity contribution in [3.8, 4) is 11.3 Å². The quantitative estimate of drug-likeness (QED) is 0.576. The number of nitrogens with zero attached hydrogens (tertiary/aromatic N) is 2. The van der Waals surface area contributed by atoms with Gasteiger partial charge in [-0.05, 0) is 49.2 Å². The Bertz CT molecular complexity index is 1140. The average molecular weight is 413 g/mol. The second-order valence-corrected chi connectivity index (χ2v) is 6.74. The molecule has 2 aromatic carbocycles. The number of nitrogens with two attached hydrogens (primary N) is 2. The van der Waals surface area contributed by atoms with E-state index >= 15 is 0 Å². The van der Waals surface area contributed by atoms with Gasteiger partial charge >= 0.3 is 0 Å². The van der Waals surface area contributed by atoms with Crippen LogP contribution in [0.4, 0.5) is 14.6 Å². The third-order valence-electron chi connectivity index (χ3n) is 4.72. The normalized spacial score (nSPS) is 10.8. The first-order chi connectivity index (χ1) is 14.2. The van der Waals surface area contributed by atoms with Gasteiger partial charge in [0.1, 0.15) is 28.7 Å². The number of rotatable bonds is 6. The molecule has 3 aromatic rings. The van der Waals surface area contributed by atoms with Crippen LogP contribution in [0.5, 0.6) is 0 Å². The molecule has 0 spiro atoms. The molecule has 1 heterocycles. The summed E-state index contributed by atoms with van der Waals surface area (Å²) in [7, 11) is 0. The molecular formula is C21H21F2N5O2. The highest BCUT2D eigenvalue weighted by molar-refractivity contribution is 6.03. The molecule has 0 saturated carbocycles. The smallest absolute Gasteiger partial charge is 0.254 e. The van der Waals surface area contributed by atoms with Crippen molar-refractivity contribution in [1.82, 2.24) is 15.1 Å². The van der Waals surface area contributed by atoms with Crippen LogP contribution in [0.25, 0.3) is 11.3 Å². The van der Waals surface area contributed by atoms with Gasteiger partial charge in [0.25, 0.3) is 11.8 Å². The number of nitrogen functional groups attached to an aromatic ring is 1. The molecule has 0 bridgehead atoms. The molecule has 0 aliphatic heterocycles. The maximum atomic E-state index is 14.8. The van der Waals surface area contributed by atoms with Crippen molar-refractivity contribution in [3.63, 3.8) is 0 Å². The molecule has 0 aliphatic carbocycles. The van der Waals surface area contributed by atoms with E-state index in [9.17, 15) is 18.4 Å². The molecule has 0 aliphatic rings. The molecule has 5 N–H and O–H groups in total. The lowest BCUT2D eigenvalue weighted by atomic mass is 10.0. The number of carbonyl (C=O) groups excluding carboxylic acids is 2. The number of benzene rings is 2.